The van der Waals surface area contributed by atoms with Crippen LogP contribution in [0.1, 0.15) is 28.3 Å². The Morgan fingerprint density at radius 1 is 1.14 bits per heavy atom. The minimum Gasteiger partial charge on any atom is -0.404 e. The van der Waals surface area contributed by atoms with Gasteiger partial charge in [-0.05, 0) is 43.7 Å². The van der Waals surface area contributed by atoms with Gasteiger partial charge in [0.05, 0.1) is 27.0 Å². The fourth-order valence-electron chi connectivity index (χ4n) is 5.21. The maximum Gasteiger partial charge on any atom is 0.194 e. The van der Waals surface area contributed by atoms with E-state index in [-0.39, 0.29) is 23.6 Å². The molecule has 10 nitrogen and oxygen atoms in total. The predicted molar refractivity (Wildman–Crippen MR) is 149 cm³/mol. The van der Waals surface area contributed by atoms with Gasteiger partial charge >= 0.3 is 0 Å². The second-order valence-electron chi connectivity index (χ2n) is 9.96. The van der Waals surface area contributed by atoms with Gasteiger partial charge in [-0.2, -0.15) is 5.10 Å². The zero-order valence-corrected chi connectivity index (χ0v) is 23.7. The van der Waals surface area contributed by atoms with Gasteiger partial charge in [0.25, 0.3) is 0 Å². The van der Waals surface area contributed by atoms with Gasteiger partial charge in [-0.3, -0.25) is 4.99 Å². The van der Waals surface area contributed by atoms with Gasteiger partial charge in [0, 0.05) is 18.0 Å². The standard InChI is InChI=1S/C27H24ClF3N6O4S/c1-10-34-27(37(36-10)14-5-15(28)21-19(6-14)42-11(2)35-21)26-23(39)22(25-24(41-26)18(38)9-40-25)33-8-13(7-32)12-3-16(29)20(31)17(30)4-12/h3-8,18,22-26,38-39H,9,32H2,1-2H3/b13-7+,33-8?/t18?,22?,23?,24?,25-,26-/m1/s1. The van der Waals surface area contributed by atoms with Gasteiger partial charge in [0.15, 0.2) is 23.3 Å². The number of allylic oxidation sites excluding steroid dienone is 1. The summed E-state index contributed by atoms with van der Waals surface area (Å²) in [5, 5.41) is 28.0. The van der Waals surface area contributed by atoms with Crippen LogP contribution in [0.15, 0.2) is 35.5 Å². The number of hydrogen-bond acceptors (Lipinski definition) is 10. The zero-order chi connectivity index (χ0) is 29.9. The lowest BCUT2D eigenvalue weighted by molar-refractivity contribution is -0.178. The van der Waals surface area contributed by atoms with E-state index < -0.39 is 54.0 Å². The summed E-state index contributed by atoms with van der Waals surface area (Å²) < 4.78 is 55.5. The molecule has 0 amide bonds. The van der Waals surface area contributed by atoms with E-state index in [1.807, 2.05) is 13.0 Å². The normalized spacial score (nSPS) is 26.4. The largest absolute Gasteiger partial charge is 0.404 e. The molecule has 4 N–H and O–H groups in total. The Labute approximate surface area is 245 Å². The van der Waals surface area contributed by atoms with Crippen molar-refractivity contribution >= 4 is 44.9 Å². The molecule has 4 unspecified atom stereocenters. The molecule has 15 heteroatoms. The van der Waals surface area contributed by atoms with E-state index in [4.69, 9.17) is 26.8 Å². The SMILES string of the molecule is Cc1nc([C@@H]2OC3C(O)CO[C@@H]3C(N=C/C(=C\N)c3cc(F)c(F)c(F)c3)C2O)n(-c2cc(Cl)c3nc(C)sc3c2)n1. The van der Waals surface area contributed by atoms with E-state index in [0.29, 0.717) is 22.1 Å². The third-order valence-corrected chi connectivity index (χ3v) is 8.33. The van der Waals surface area contributed by atoms with Gasteiger partial charge in [-0.1, -0.05) is 11.6 Å². The second-order valence-corrected chi connectivity index (χ2v) is 11.6. The van der Waals surface area contributed by atoms with Crippen molar-refractivity contribution in [2.45, 2.75) is 50.4 Å². The molecule has 220 valence electrons. The highest BCUT2D eigenvalue weighted by Crippen LogP contribution is 2.40. The van der Waals surface area contributed by atoms with E-state index in [9.17, 15) is 23.4 Å². The van der Waals surface area contributed by atoms with E-state index >= 15 is 0 Å². The first-order valence-electron chi connectivity index (χ1n) is 12.8. The van der Waals surface area contributed by atoms with Gasteiger partial charge in [-0.25, -0.2) is 27.8 Å². The van der Waals surface area contributed by atoms with Crippen LogP contribution in [-0.2, 0) is 9.47 Å². The third-order valence-electron chi connectivity index (χ3n) is 7.12. The number of aryl methyl sites for hydroxylation is 2. The molecular formula is C27H24ClF3N6O4S. The number of aliphatic imine (C=N–C) groups is 1. The molecule has 2 fully saturated rings. The van der Waals surface area contributed by atoms with Crippen molar-refractivity contribution in [2.75, 3.05) is 6.61 Å². The van der Waals surface area contributed by atoms with Crippen LogP contribution >= 0.6 is 22.9 Å². The van der Waals surface area contributed by atoms with Crippen LogP contribution in [0.5, 0.6) is 0 Å². The first-order chi connectivity index (χ1) is 20.0. The van der Waals surface area contributed by atoms with Crippen molar-refractivity contribution in [1.29, 1.82) is 0 Å². The summed E-state index contributed by atoms with van der Waals surface area (Å²) in [5.41, 5.74) is 6.89. The second kappa shape index (κ2) is 11.0. The minimum atomic E-state index is -1.61. The quantitative estimate of drug-likeness (QED) is 0.227. The van der Waals surface area contributed by atoms with E-state index in [1.54, 1.807) is 13.0 Å². The Hall–Kier alpha value is -3.40. The molecule has 0 bridgehead atoms. The molecule has 2 aromatic heterocycles. The number of hydrogen-bond donors (Lipinski definition) is 3. The molecular weight excluding hydrogens is 597 g/mol. The highest BCUT2D eigenvalue weighted by Gasteiger charge is 2.53. The summed E-state index contributed by atoms with van der Waals surface area (Å²) in [6, 6.07) is 4.06. The Bertz CT molecular complexity index is 1720. The molecule has 6 rings (SSSR count). The molecule has 2 aromatic carbocycles. The Balaban J connectivity index is 1.38. The van der Waals surface area contributed by atoms with E-state index in [0.717, 1.165) is 28.0 Å². The Morgan fingerprint density at radius 3 is 2.60 bits per heavy atom. The predicted octanol–water partition coefficient (Wildman–Crippen LogP) is 3.56. The summed E-state index contributed by atoms with van der Waals surface area (Å²) in [5.74, 6) is -3.79. The number of aliphatic hydroxyl groups excluding tert-OH is 2. The molecule has 0 saturated carbocycles. The van der Waals surface area contributed by atoms with Crippen molar-refractivity contribution in [3.63, 3.8) is 0 Å². The van der Waals surface area contributed by atoms with Crippen molar-refractivity contribution in [1.82, 2.24) is 19.7 Å². The van der Waals surface area contributed by atoms with Crippen LogP contribution in [0, 0.1) is 31.3 Å². The van der Waals surface area contributed by atoms with Crippen molar-refractivity contribution < 1.29 is 32.9 Å². The van der Waals surface area contributed by atoms with Gasteiger partial charge < -0.3 is 25.4 Å². The van der Waals surface area contributed by atoms with Crippen LogP contribution in [0.4, 0.5) is 13.2 Å². The smallest absolute Gasteiger partial charge is 0.194 e. The number of benzene rings is 2. The van der Waals surface area contributed by atoms with Crippen LogP contribution in [-0.4, -0.2) is 73.2 Å². The number of aromatic nitrogens is 4. The van der Waals surface area contributed by atoms with Crippen LogP contribution < -0.4 is 5.73 Å². The lowest BCUT2D eigenvalue weighted by Crippen LogP contribution is -2.54. The first kappa shape index (κ1) is 28.7. The first-order valence-corrected chi connectivity index (χ1v) is 14.0. The molecule has 4 aromatic rings. The molecule has 2 saturated heterocycles. The molecule has 6 atom stereocenters. The zero-order valence-electron chi connectivity index (χ0n) is 22.1. The average molecular weight is 621 g/mol. The van der Waals surface area contributed by atoms with E-state index in [2.05, 4.69) is 20.1 Å². The number of ether oxygens (including phenoxy) is 2. The van der Waals surface area contributed by atoms with Crippen molar-refractivity contribution in [3.8, 4) is 5.69 Å². The fourth-order valence-corrected chi connectivity index (χ4v) is 6.40. The molecule has 0 spiro atoms. The number of nitrogens with zero attached hydrogens (tertiary/aromatic N) is 5. The van der Waals surface area contributed by atoms with Crippen LogP contribution in [0.3, 0.4) is 0 Å². The monoisotopic (exact) mass is 620 g/mol. The number of halogens is 4. The maximum absolute atomic E-state index is 13.9. The maximum atomic E-state index is 13.9. The van der Waals surface area contributed by atoms with Crippen molar-refractivity contribution in [3.05, 3.63) is 75.2 Å². The third kappa shape index (κ3) is 4.97. The number of aliphatic hydroxyl groups is 2. The minimum absolute atomic E-state index is 0.0555. The molecule has 2 aliphatic heterocycles. The molecule has 2 aliphatic rings. The Morgan fingerprint density at radius 2 is 1.88 bits per heavy atom. The van der Waals surface area contributed by atoms with Gasteiger partial charge in [0.1, 0.15) is 47.9 Å². The Kier molecular flexibility index (Phi) is 7.53. The summed E-state index contributed by atoms with van der Waals surface area (Å²) in [6.07, 6.45) is -3.06. The van der Waals surface area contributed by atoms with Crippen LogP contribution in [0.2, 0.25) is 5.02 Å². The number of nitrogens with two attached hydrogens (primary N) is 1. The van der Waals surface area contributed by atoms with Gasteiger partial charge in [0.2, 0.25) is 0 Å². The lowest BCUT2D eigenvalue weighted by Gasteiger charge is -2.40. The molecule has 0 radical (unpaired) electrons. The topological polar surface area (TPSA) is 141 Å². The van der Waals surface area contributed by atoms with Crippen molar-refractivity contribution in [2.24, 2.45) is 10.7 Å². The van der Waals surface area contributed by atoms with Crippen LogP contribution in [0.25, 0.3) is 21.5 Å². The number of rotatable bonds is 5. The number of fused-ring (bicyclic) bond motifs is 2. The van der Waals surface area contributed by atoms with Gasteiger partial charge in [-0.15, -0.1) is 11.3 Å². The molecule has 4 heterocycles. The summed E-state index contributed by atoms with van der Waals surface area (Å²) in [7, 11) is 0. The lowest BCUT2D eigenvalue weighted by atomic mass is 9.91. The van der Waals surface area contributed by atoms with E-state index in [1.165, 1.54) is 22.2 Å². The fraction of sp³-hybridized carbons (Fsp3) is 0.333. The summed E-state index contributed by atoms with van der Waals surface area (Å²) in [6.45, 7) is 3.48. The number of thiazole rings is 1. The highest BCUT2D eigenvalue weighted by molar-refractivity contribution is 7.18. The molecule has 0 aliphatic carbocycles. The highest BCUT2D eigenvalue weighted by atomic mass is 35.5. The summed E-state index contributed by atoms with van der Waals surface area (Å²) >= 11 is 7.99. The summed E-state index contributed by atoms with van der Waals surface area (Å²) in [4.78, 5) is 13.4. The average Bonchev–Trinajstić information content (AvgIpc) is 3.64. The molecule has 42 heavy (non-hydrogen) atoms.